The van der Waals surface area contributed by atoms with Crippen LogP contribution in [-0.4, -0.2) is 26.3 Å². The van der Waals surface area contributed by atoms with Crippen molar-refractivity contribution in [2.45, 2.75) is 6.92 Å². The molecule has 1 heterocycles. The Morgan fingerprint density at radius 2 is 2.56 bits per heavy atom. The van der Waals surface area contributed by atoms with Crippen molar-refractivity contribution < 1.29 is 9.63 Å². The van der Waals surface area contributed by atoms with Gasteiger partial charge in [0.25, 0.3) is 0 Å². The molecule has 6 nitrogen and oxygen atoms in total. The van der Waals surface area contributed by atoms with E-state index in [1.165, 1.54) is 13.3 Å². The highest BCUT2D eigenvalue weighted by Gasteiger charge is 1.94. The lowest BCUT2D eigenvalue weighted by molar-refractivity contribution is -0.145. The number of aromatic nitrogens is 4. The van der Waals surface area contributed by atoms with Crippen molar-refractivity contribution in [2.24, 2.45) is 0 Å². The van der Waals surface area contributed by atoms with Crippen LogP contribution in [0.15, 0.2) is 6.33 Å². The highest BCUT2D eigenvalue weighted by molar-refractivity contribution is 5.65. The zero-order valence-electron chi connectivity index (χ0n) is 4.68. The van der Waals surface area contributed by atoms with Gasteiger partial charge >= 0.3 is 5.97 Å². The summed E-state index contributed by atoms with van der Waals surface area (Å²) in [5, 5.41) is 9.98. The molecule has 1 rings (SSSR count). The third-order valence-electron chi connectivity index (χ3n) is 0.540. The second-order valence-electron chi connectivity index (χ2n) is 1.27. The molecule has 0 atom stereocenters. The maximum absolute atomic E-state index is 10.2. The van der Waals surface area contributed by atoms with Gasteiger partial charge in [0.1, 0.15) is 0 Å². The molecular weight excluding hydrogens is 124 g/mol. The van der Waals surface area contributed by atoms with Crippen LogP contribution >= 0.6 is 0 Å². The van der Waals surface area contributed by atoms with Crippen LogP contribution in [0, 0.1) is 0 Å². The van der Waals surface area contributed by atoms with Gasteiger partial charge < -0.3 is 4.84 Å². The van der Waals surface area contributed by atoms with Gasteiger partial charge in [0, 0.05) is 11.9 Å². The van der Waals surface area contributed by atoms with Crippen molar-refractivity contribution in [3.63, 3.8) is 0 Å². The minimum atomic E-state index is -0.479. The van der Waals surface area contributed by atoms with Crippen LogP contribution in [0.2, 0.25) is 0 Å². The van der Waals surface area contributed by atoms with Crippen molar-refractivity contribution in [1.29, 1.82) is 0 Å². The molecule has 0 amide bonds. The molecule has 0 spiro atoms. The van der Waals surface area contributed by atoms with E-state index in [4.69, 9.17) is 0 Å². The van der Waals surface area contributed by atoms with E-state index in [-0.39, 0.29) is 0 Å². The second kappa shape index (κ2) is 2.21. The summed E-state index contributed by atoms with van der Waals surface area (Å²) in [5.74, 6) is -0.479. The summed E-state index contributed by atoms with van der Waals surface area (Å²) in [6.45, 7) is 1.25. The zero-order chi connectivity index (χ0) is 6.69. The van der Waals surface area contributed by atoms with Crippen LogP contribution in [-0.2, 0) is 4.79 Å². The van der Waals surface area contributed by atoms with Gasteiger partial charge in [-0.05, 0) is 5.21 Å². The molecule has 0 aliphatic rings. The van der Waals surface area contributed by atoms with E-state index >= 15 is 0 Å². The van der Waals surface area contributed by atoms with Crippen LogP contribution in [0.25, 0.3) is 0 Å². The first-order valence-corrected chi connectivity index (χ1v) is 2.21. The fourth-order valence-corrected chi connectivity index (χ4v) is 0.314. The molecule has 1 aromatic rings. The van der Waals surface area contributed by atoms with Gasteiger partial charge in [0.05, 0.1) is 0 Å². The maximum atomic E-state index is 10.2. The number of carbonyl (C=O) groups excluding carboxylic acids is 1. The summed E-state index contributed by atoms with van der Waals surface area (Å²) >= 11 is 0. The maximum Gasteiger partial charge on any atom is 0.333 e. The molecule has 0 bridgehead atoms. The fraction of sp³-hybridized carbons (Fsp3) is 0.333. The summed E-state index contributed by atoms with van der Waals surface area (Å²) < 4.78 is 0. The molecule has 6 heteroatoms. The molecule has 9 heavy (non-hydrogen) atoms. The Bertz CT molecular complexity index is 194. The number of carbonyl (C=O) groups is 1. The number of hydrogen-bond acceptors (Lipinski definition) is 5. The Balaban J connectivity index is 2.58. The lowest BCUT2D eigenvalue weighted by atomic mass is 10.8. The Kier molecular flexibility index (Phi) is 1.39. The van der Waals surface area contributed by atoms with Crippen LogP contribution in [0.5, 0.6) is 0 Å². The van der Waals surface area contributed by atoms with E-state index in [2.05, 4.69) is 20.2 Å². The minimum Gasteiger partial charge on any atom is -0.301 e. The lowest BCUT2D eigenvalue weighted by Crippen LogP contribution is -2.19. The van der Waals surface area contributed by atoms with E-state index in [1.807, 2.05) is 0 Å². The van der Waals surface area contributed by atoms with Crippen molar-refractivity contribution >= 4 is 5.97 Å². The molecule has 0 aliphatic heterocycles. The van der Waals surface area contributed by atoms with Crippen molar-refractivity contribution in [2.75, 3.05) is 0 Å². The molecule has 0 saturated heterocycles. The monoisotopic (exact) mass is 128 g/mol. The number of hydrogen-bond donors (Lipinski definition) is 0. The summed E-state index contributed by atoms with van der Waals surface area (Å²) in [6.07, 6.45) is 1.17. The van der Waals surface area contributed by atoms with E-state index in [9.17, 15) is 4.79 Å². The first-order valence-electron chi connectivity index (χ1n) is 2.21. The van der Waals surface area contributed by atoms with Gasteiger partial charge in [-0.15, -0.1) is 10.2 Å². The van der Waals surface area contributed by atoms with E-state index < -0.39 is 5.97 Å². The highest BCUT2D eigenvalue weighted by Crippen LogP contribution is 1.67. The van der Waals surface area contributed by atoms with Crippen LogP contribution in [0.3, 0.4) is 0 Å². The molecule has 48 valence electrons. The quantitative estimate of drug-likeness (QED) is 0.437. The third kappa shape index (κ3) is 1.48. The van der Waals surface area contributed by atoms with Gasteiger partial charge in [-0.3, -0.25) is 0 Å². The number of nitrogens with zero attached hydrogens (tertiary/aromatic N) is 4. The summed E-state index contributed by atoms with van der Waals surface area (Å²) in [6, 6.07) is 0. The van der Waals surface area contributed by atoms with Gasteiger partial charge in [-0.25, -0.2) is 4.79 Å². The lowest BCUT2D eigenvalue weighted by Gasteiger charge is -1.91. The molecule has 0 saturated carbocycles. The van der Waals surface area contributed by atoms with Crippen LogP contribution in [0.1, 0.15) is 6.92 Å². The second-order valence-corrected chi connectivity index (χ2v) is 1.27. The first kappa shape index (κ1) is 5.67. The average molecular weight is 128 g/mol. The Hall–Kier alpha value is -1.46. The van der Waals surface area contributed by atoms with Gasteiger partial charge in [0.2, 0.25) is 0 Å². The van der Waals surface area contributed by atoms with Gasteiger partial charge in [0.15, 0.2) is 6.33 Å². The van der Waals surface area contributed by atoms with E-state index in [0.717, 1.165) is 4.96 Å². The Morgan fingerprint density at radius 3 is 3.00 bits per heavy atom. The largest absolute Gasteiger partial charge is 0.333 e. The molecule has 0 aliphatic carbocycles. The first-order chi connectivity index (χ1) is 4.29. The van der Waals surface area contributed by atoms with E-state index in [0.29, 0.717) is 0 Å². The normalized spacial score (nSPS) is 9.00. The summed E-state index contributed by atoms with van der Waals surface area (Å²) in [7, 11) is 0. The standard InChI is InChI=1S/C3H4N4O2/c1-3(8)9-7-5-2-4-6-7/h2H,1H3. The van der Waals surface area contributed by atoms with Gasteiger partial charge in [-0.2, -0.15) is 0 Å². The van der Waals surface area contributed by atoms with Crippen molar-refractivity contribution in [1.82, 2.24) is 20.4 Å². The Labute approximate surface area is 50.4 Å². The van der Waals surface area contributed by atoms with Crippen molar-refractivity contribution in [3.05, 3.63) is 6.33 Å². The Morgan fingerprint density at radius 1 is 1.78 bits per heavy atom. The predicted molar refractivity (Wildman–Crippen MR) is 25.1 cm³/mol. The topological polar surface area (TPSA) is 69.9 Å². The molecule has 0 radical (unpaired) electrons. The van der Waals surface area contributed by atoms with E-state index in [1.54, 1.807) is 0 Å². The predicted octanol–water partition coefficient (Wildman–Crippen LogP) is -1.35. The van der Waals surface area contributed by atoms with Crippen LogP contribution in [0.4, 0.5) is 0 Å². The SMILES string of the molecule is CC(=O)On1ncnn1. The fourth-order valence-electron chi connectivity index (χ4n) is 0.314. The highest BCUT2D eigenvalue weighted by atomic mass is 16.7. The summed E-state index contributed by atoms with van der Waals surface area (Å²) in [5.41, 5.74) is 0. The molecule has 0 aromatic carbocycles. The smallest absolute Gasteiger partial charge is 0.301 e. The minimum absolute atomic E-state index is 0.479. The number of tetrazole rings is 1. The van der Waals surface area contributed by atoms with Crippen LogP contribution < -0.4 is 4.84 Å². The average Bonchev–Trinajstić information content (AvgIpc) is 2.15. The van der Waals surface area contributed by atoms with Gasteiger partial charge in [-0.1, -0.05) is 0 Å². The summed E-state index contributed by atoms with van der Waals surface area (Å²) in [4.78, 5) is 15.2. The molecule has 0 N–H and O–H groups in total. The molecule has 1 aromatic heterocycles. The zero-order valence-corrected chi connectivity index (χ0v) is 4.68. The molecule has 0 fully saturated rings. The van der Waals surface area contributed by atoms with Crippen molar-refractivity contribution in [3.8, 4) is 0 Å². The molecular formula is C3H4N4O2. The molecule has 0 unspecified atom stereocenters. The third-order valence-corrected chi connectivity index (χ3v) is 0.540. The number of rotatable bonds is 1.